The molecule has 1 N–H and O–H groups in total. The Morgan fingerprint density at radius 1 is 1.20 bits per heavy atom. The molecule has 1 aliphatic rings. The molecule has 0 aliphatic carbocycles. The van der Waals surface area contributed by atoms with Gasteiger partial charge in [-0.25, -0.2) is 0 Å². The smallest absolute Gasteiger partial charge is 0.315 e. The number of amides is 1. The first-order valence-corrected chi connectivity index (χ1v) is 5.22. The molecule has 1 unspecified atom stereocenters. The number of carboxylic acid groups (broad SMARTS) is 1. The van der Waals surface area contributed by atoms with E-state index < -0.39 is 11.9 Å². The van der Waals surface area contributed by atoms with Gasteiger partial charge in [0.1, 0.15) is 5.92 Å². The van der Waals surface area contributed by atoms with Crippen molar-refractivity contribution in [1.82, 2.24) is 9.80 Å². The summed E-state index contributed by atoms with van der Waals surface area (Å²) in [4.78, 5) is 26.2. The molecule has 0 radical (unpaired) electrons. The van der Waals surface area contributed by atoms with E-state index in [4.69, 9.17) is 5.11 Å². The lowest BCUT2D eigenvalue weighted by Gasteiger charge is -2.22. The normalized spacial score (nSPS) is 20.8. The number of aliphatic carboxylic acids is 1. The maximum Gasteiger partial charge on any atom is 0.315 e. The van der Waals surface area contributed by atoms with E-state index in [2.05, 4.69) is 4.90 Å². The number of rotatable bonds is 2. The number of nitrogens with zero attached hydrogens (tertiary/aromatic N) is 2. The Kier molecular flexibility index (Phi) is 4.08. The fraction of sp³-hybridized carbons (Fsp3) is 0.800. The lowest BCUT2D eigenvalue weighted by atomic mass is 10.1. The molecule has 1 fully saturated rings. The van der Waals surface area contributed by atoms with E-state index in [0.717, 1.165) is 19.5 Å². The summed E-state index contributed by atoms with van der Waals surface area (Å²) in [5, 5.41) is 8.75. The number of hydrogen-bond acceptors (Lipinski definition) is 3. The summed E-state index contributed by atoms with van der Waals surface area (Å²) in [6.45, 7) is 4.52. The van der Waals surface area contributed by atoms with E-state index in [0.29, 0.717) is 13.1 Å². The Hall–Kier alpha value is -1.10. The van der Waals surface area contributed by atoms with Crippen molar-refractivity contribution in [3.8, 4) is 0 Å². The van der Waals surface area contributed by atoms with Gasteiger partial charge < -0.3 is 14.9 Å². The fourth-order valence-electron chi connectivity index (χ4n) is 1.65. The molecule has 0 aromatic rings. The summed E-state index contributed by atoms with van der Waals surface area (Å²) in [5.74, 6) is -2.23. The Morgan fingerprint density at radius 3 is 2.47 bits per heavy atom. The Morgan fingerprint density at radius 2 is 1.87 bits per heavy atom. The van der Waals surface area contributed by atoms with Gasteiger partial charge in [-0.3, -0.25) is 9.59 Å². The van der Waals surface area contributed by atoms with Crippen molar-refractivity contribution in [2.45, 2.75) is 13.3 Å². The van der Waals surface area contributed by atoms with Crippen molar-refractivity contribution in [2.24, 2.45) is 5.92 Å². The van der Waals surface area contributed by atoms with Crippen molar-refractivity contribution in [3.05, 3.63) is 0 Å². The molecule has 15 heavy (non-hydrogen) atoms. The van der Waals surface area contributed by atoms with E-state index in [1.807, 2.05) is 7.05 Å². The summed E-state index contributed by atoms with van der Waals surface area (Å²) in [5.41, 5.74) is 0. The number of hydrogen-bond donors (Lipinski definition) is 1. The monoisotopic (exact) mass is 214 g/mol. The summed E-state index contributed by atoms with van der Waals surface area (Å²) < 4.78 is 0. The van der Waals surface area contributed by atoms with Crippen LogP contribution in [0, 0.1) is 5.92 Å². The predicted molar refractivity (Wildman–Crippen MR) is 55.5 cm³/mol. The molecule has 0 bridgehead atoms. The van der Waals surface area contributed by atoms with Gasteiger partial charge in [0.05, 0.1) is 0 Å². The number of carbonyl (C=O) groups excluding carboxylic acids is 1. The van der Waals surface area contributed by atoms with Crippen LogP contribution in [0.1, 0.15) is 13.3 Å². The van der Waals surface area contributed by atoms with Gasteiger partial charge in [-0.2, -0.15) is 0 Å². The summed E-state index contributed by atoms with van der Waals surface area (Å²) in [6.07, 6.45) is 0.911. The highest BCUT2D eigenvalue weighted by Gasteiger charge is 2.26. The highest BCUT2D eigenvalue weighted by atomic mass is 16.4. The SMILES string of the molecule is CC(C(=O)O)C(=O)N1CCCN(C)CC1. The average Bonchev–Trinajstić information content (AvgIpc) is 2.40. The first-order valence-electron chi connectivity index (χ1n) is 5.22. The van der Waals surface area contributed by atoms with Crippen LogP contribution in [0.4, 0.5) is 0 Å². The standard InChI is InChI=1S/C10H18N2O3/c1-8(10(14)15)9(13)12-5-3-4-11(2)6-7-12/h8H,3-7H2,1-2H3,(H,14,15). The largest absolute Gasteiger partial charge is 0.481 e. The van der Waals surface area contributed by atoms with Crippen molar-refractivity contribution < 1.29 is 14.7 Å². The minimum absolute atomic E-state index is 0.266. The van der Waals surface area contributed by atoms with Crippen LogP contribution >= 0.6 is 0 Å². The van der Waals surface area contributed by atoms with Crippen LogP contribution in [0.5, 0.6) is 0 Å². The van der Waals surface area contributed by atoms with Gasteiger partial charge in [0, 0.05) is 19.6 Å². The molecule has 86 valence electrons. The zero-order valence-corrected chi connectivity index (χ0v) is 9.27. The van der Waals surface area contributed by atoms with E-state index in [-0.39, 0.29) is 5.91 Å². The molecule has 1 aliphatic heterocycles. The molecule has 1 atom stereocenters. The van der Waals surface area contributed by atoms with Gasteiger partial charge >= 0.3 is 5.97 Å². The second kappa shape index (κ2) is 5.11. The summed E-state index contributed by atoms with van der Waals surface area (Å²) in [7, 11) is 2.01. The lowest BCUT2D eigenvalue weighted by Crippen LogP contribution is -2.40. The van der Waals surface area contributed by atoms with Crippen LogP contribution in [-0.2, 0) is 9.59 Å². The molecule has 1 saturated heterocycles. The highest BCUT2D eigenvalue weighted by molar-refractivity contribution is 5.96. The minimum Gasteiger partial charge on any atom is -0.481 e. The van der Waals surface area contributed by atoms with Crippen LogP contribution < -0.4 is 0 Å². The number of likely N-dealkylation sites (N-methyl/N-ethyl adjacent to an activating group) is 1. The predicted octanol–water partition coefficient (Wildman–Crippen LogP) is -0.129. The Bertz CT molecular complexity index is 255. The molecule has 0 aromatic carbocycles. The number of carbonyl (C=O) groups is 2. The van der Waals surface area contributed by atoms with Gasteiger partial charge in [-0.15, -0.1) is 0 Å². The molecule has 1 heterocycles. The zero-order valence-electron chi connectivity index (χ0n) is 9.27. The first-order chi connectivity index (χ1) is 7.02. The topological polar surface area (TPSA) is 60.9 Å². The summed E-state index contributed by atoms with van der Waals surface area (Å²) in [6, 6.07) is 0. The molecule has 1 rings (SSSR count). The third kappa shape index (κ3) is 3.20. The minimum atomic E-state index is -1.04. The molecular formula is C10H18N2O3. The quantitative estimate of drug-likeness (QED) is 0.651. The first kappa shape index (κ1) is 12.0. The van der Waals surface area contributed by atoms with Crippen LogP contribution in [0.15, 0.2) is 0 Å². The van der Waals surface area contributed by atoms with Gasteiger partial charge in [0.25, 0.3) is 0 Å². The molecular weight excluding hydrogens is 196 g/mol. The van der Waals surface area contributed by atoms with Gasteiger partial charge in [0.15, 0.2) is 0 Å². The Labute approximate surface area is 89.7 Å². The maximum absolute atomic E-state index is 11.7. The van der Waals surface area contributed by atoms with Gasteiger partial charge in [-0.1, -0.05) is 0 Å². The van der Waals surface area contributed by atoms with E-state index in [1.54, 1.807) is 4.90 Å². The summed E-state index contributed by atoms with van der Waals surface area (Å²) >= 11 is 0. The van der Waals surface area contributed by atoms with Crippen molar-refractivity contribution >= 4 is 11.9 Å². The lowest BCUT2D eigenvalue weighted by molar-refractivity contribution is -0.150. The van der Waals surface area contributed by atoms with Crippen LogP contribution in [0.2, 0.25) is 0 Å². The van der Waals surface area contributed by atoms with Gasteiger partial charge in [-0.05, 0) is 26.9 Å². The second-order valence-corrected chi connectivity index (χ2v) is 4.04. The van der Waals surface area contributed by atoms with Crippen molar-refractivity contribution in [1.29, 1.82) is 0 Å². The average molecular weight is 214 g/mol. The van der Waals surface area contributed by atoms with Crippen LogP contribution in [-0.4, -0.2) is 60.0 Å². The maximum atomic E-state index is 11.7. The number of carboxylic acids is 1. The molecule has 5 nitrogen and oxygen atoms in total. The third-order valence-electron chi connectivity index (χ3n) is 2.77. The van der Waals surface area contributed by atoms with Gasteiger partial charge in [0.2, 0.25) is 5.91 Å². The van der Waals surface area contributed by atoms with Crippen LogP contribution in [0.25, 0.3) is 0 Å². The Balaban J connectivity index is 2.55. The van der Waals surface area contributed by atoms with Crippen molar-refractivity contribution in [2.75, 3.05) is 33.2 Å². The van der Waals surface area contributed by atoms with Crippen LogP contribution in [0.3, 0.4) is 0 Å². The van der Waals surface area contributed by atoms with E-state index >= 15 is 0 Å². The molecule has 5 heteroatoms. The van der Waals surface area contributed by atoms with E-state index in [1.165, 1.54) is 6.92 Å². The molecule has 1 amide bonds. The fourth-order valence-corrected chi connectivity index (χ4v) is 1.65. The van der Waals surface area contributed by atoms with E-state index in [9.17, 15) is 9.59 Å². The molecule has 0 spiro atoms. The zero-order chi connectivity index (χ0) is 11.4. The third-order valence-corrected chi connectivity index (χ3v) is 2.77. The second-order valence-electron chi connectivity index (χ2n) is 4.04. The van der Waals surface area contributed by atoms with Crippen molar-refractivity contribution in [3.63, 3.8) is 0 Å². The molecule has 0 aromatic heterocycles. The highest BCUT2D eigenvalue weighted by Crippen LogP contribution is 2.07. The molecule has 0 saturated carbocycles.